The SMILES string of the molecule is C#CCn1ncc(NCC2CC(O)C2)c(Br)c1=O. The van der Waals surface area contributed by atoms with E-state index in [2.05, 4.69) is 32.3 Å². The molecule has 0 bridgehead atoms. The van der Waals surface area contributed by atoms with Crippen molar-refractivity contribution in [2.75, 3.05) is 11.9 Å². The maximum atomic E-state index is 11.8. The zero-order valence-corrected chi connectivity index (χ0v) is 11.4. The molecule has 0 amide bonds. The van der Waals surface area contributed by atoms with Crippen molar-refractivity contribution in [3.05, 3.63) is 21.0 Å². The molecular formula is C12H14BrN3O2. The van der Waals surface area contributed by atoms with E-state index in [-0.39, 0.29) is 18.2 Å². The molecule has 0 spiro atoms. The molecule has 96 valence electrons. The van der Waals surface area contributed by atoms with Gasteiger partial charge < -0.3 is 10.4 Å². The number of aliphatic hydroxyl groups is 1. The minimum absolute atomic E-state index is 0.159. The van der Waals surface area contributed by atoms with Gasteiger partial charge in [0.2, 0.25) is 0 Å². The van der Waals surface area contributed by atoms with E-state index in [1.54, 1.807) is 6.20 Å². The smallest absolute Gasteiger partial charge is 0.284 e. The van der Waals surface area contributed by atoms with Crippen molar-refractivity contribution in [2.45, 2.75) is 25.5 Å². The van der Waals surface area contributed by atoms with Gasteiger partial charge in [-0.15, -0.1) is 6.42 Å². The van der Waals surface area contributed by atoms with Crippen molar-refractivity contribution in [1.29, 1.82) is 0 Å². The van der Waals surface area contributed by atoms with Crippen LogP contribution in [0, 0.1) is 18.3 Å². The monoisotopic (exact) mass is 311 g/mol. The van der Waals surface area contributed by atoms with Gasteiger partial charge in [0.25, 0.3) is 5.56 Å². The van der Waals surface area contributed by atoms with Gasteiger partial charge in [0.15, 0.2) is 0 Å². The molecule has 1 aromatic heterocycles. The quantitative estimate of drug-likeness (QED) is 0.808. The first-order valence-corrected chi connectivity index (χ1v) is 6.52. The van der Waals surface area contributed by atoms with Crippen LogP contribution in [-0.4, -0.2) is 27.5 Å². The number of aromatic nitrogens is 2. The molecule has 0 aliphatic heterocycles. The highest BCUT2D eigenvalue weighted by molar-refractivity contribution is 9.10. The van der Waals surface area contributed by atoms with Crippen LogP contribution in [0.1, 0.15) is 12.8 Å². The highest BCUT2D eigenvalue weighted by Gasteiger charge is 2.26. The second-order valence-corrected chi connectivity index (χ2v) is 5.20. The fourth-order valence-corrected chi connectivity index (χ4v) is 2.36. The molecule has 0 atom stereocenters. The predicted octanol–water partition coefficient (Wildman–Crippen LogP) is 0.822. The zero-order chi connectivity index (χ0) is 13.1. The summed E-state index contributed by atoms with van der Waals surface area (Å²) in [6, 6.07) is 0. The molecule has 1 saturated carbocycles. The van der Waals surface area contributed by atoms with Gasteiger partial charge in [-0.2, -0.15) is 5.10 Å². The fraction of sp³-hybridized carbons (Fsp3) is 0.500. The zero-order valence-electron chi connectivity index (χ0n) is 9.77. The van der Waals surface area contributed by atoms with Crippen LogP contribution >= 0.6 is 15.9 Å². The molecular weight excluding hydrogens is 298 g/mol. The summed E-state index contributed by atoms with van der Waals surface area (Å²) in [7, 11) is 0. The molecule has 6 heteroatoms. The Morgan fingerprint density at radius 3 is 3.00 bits per heavy atom. The lowest BCUT2D eigenvalue weighted by atomic mass is 9.82. The molecule has 0 unspecified atom stereocenters. The molecule has 5 nitrogen and oxygen atoms in total. The number of anilines is 1. The lowest BCUT2D eigenvalue weighted by molar-refractivity contribution is 0.0487. The second kappa shape index (κ2) is 5.55. The first-order valence-electron chi connectivity index (χ1n) is 5.73. The van der Waals surface area contributed by atoms with Crippen molar-refractivity contribution < 1.29 is 5.11 Å². The molecule has 1 heterocycles. The van der Waals surface area contributed by atoms with E-state index >= 15 is 0 Å². The minimum Gasteiger partial charge on any atom is -0.393 e. The summed E-state index contributed by atoms with van der Waals surface area (Å²) in [6.45, 7) is 0.891. The summed E-state index contributed by atoms with van der Waals surface area (Å²) in [6.07, 6.45) is 8.19. The Bertz CT molecular complexity index is 529. The summed E-state index contributed by atoms with van der Waals surface area (Å²) in [4.78, 5) is 11.8. The number of rotatable bonds is 4. The molecule has 2 N–H and O–H groups in total. The Morgan fingerprint density at radius 2 is 2.39 bits per heavy atom. The van der Waals surface area contributed by atoms with Crippen LogP contribution < -0.4 is 10.9 Å². The summed E-state index contributed by atoms with van der Waals surface area (Å²) < 4.78 is 1.66. The van der Waals surface area contributed by atoms with Gasteiger partial charge in [-0.3, -0.25) is 4.79 Å². The summed E-state index contributed by atoms with van der Waals surface area (Å²) in [5.74, 6) is 2.83. The Morgan fingerprint density at radius 1 is 1.67 bits per heavy atom. The van der Waals surface area contributed by atoms with Gasteiger partial charge >= 0.3 is 0 Å². The maximum absolute atomic E-state index is 11.8. The average molecular weight is 312 g/mol. The molecule has 18 heavy (non-hydrogen) atoms. The second-order valence-electron chi connectivity index (χ2n) is 4.41. The van der Waals surface area contributed by atoms with Crippen molar-refractivity contribution in [1.82, 2.24) is 9.78 Å². The summed E-state index contributed by atoms with van der Waals surface area (Å²) >= 11 is 3.25. The lowest BCUT2D eigenvalue weighted by Gasteiger charge is -2.31. The fourth-order valence-electron chi connectivity index (χ4n) is 1.91. The van der Waals surface area contributed by atoms with Crippen LogP contribution in [0.15, 0.2) is 15.5 Å². The number of hydrogen-bond donors (Lipinski definition) is 2. The van der Waals surface area contributed by atoms with Crippen LogP contribution in [0.4, 0.5) is 5.69 Å². The van der Waals surface area contributed by atoms with Crippen molar-refractivity contribution in [2.24, 2.45) is 5.92 Å². The van der Waals surface area contributed by atoms with Crippen LogP contribution in [0.3, 0.4) is 0 Å². The number of terminal acetylenes is 1. The first-order chi connectivity index (χ1) is 8.61. The van der Waals surface area contributed by atoms with E-state index in [9.17, 15) is 9.90 Å². The van der Waals surface area contributed by atoms with Crippen molar-refractivity contribution >= 4 is 21.6 Å². The van der Waals surface area contributed by atoms with Gasteiger partial charge in [0.05, 0.1) is 18.0 Å². The summed E-state index contributed by atoms with van der Waals surface area (Å²) in [5.41, 5.74) is 0.418. The summed E-state index contributed by atoms with van der Waals surface area (Å²) in [5, 5.41) is 16.3. The van der Waals surface area contributed by atoms with Crippen LogP contribution in [0.2, 0.25) is 0 Å². The molecule has 2 rings (SSSR count). The normalized spacial score (nSPS) is 22.1. The van der Waals surface area contributed by atoms with E-state index < -0.39 is 0 Å². The average Bonchev–Trinajstić information content (AvgIpc) is 2.31. The first kappa shape index (κ1) is 13.1. The maximum Gasteiger partial charge on any atom is 0.284 e. The van der Waals surface area contributed by atoms with Crippen LogP contribution in [0.25, 0.3) is 0 Å². The Hall–Kier alpha value is -1.32. The minimum atomic E-state index is -0.244. The third-order valence-corrected chi connectivity index (χ3v) is 3.78. The van der Waals surface area contributed by atoms with E-state index in [0.717, 1.165) is 19.4 Å². The molecule has 1 aliphatic rings. The van der Waals surface area contributed by atoms with E-state index in [4.69, 9.17) is 6.42 Å². The molecule has 0 saturated heterocycles. The van der Waals surface area contributed by atoms with Gasteiger partial charge in [-0.1, -0.05) is 5.92 Å². The highest BCUT2D eigenvalue weighted by atomic mass is 79.9. The highest BCUT2D eigenvalue weighted by Crippen LogP contribution is 2.27. The molecule has 1 aromatic rings. The largest absolute Gasteiger partial charge is 0.393 e. The van der Waals surface area contributed by atoms with Gasteiger partial charge in [0.1, 0.15) is 11.0 Å². The van der Waals surface area contributed by atoms with E-state index in [1.165, 1.54) is 4.68 Å². The number of nitrogens with one attached hydrogen (secondary N) is 1. The number of halogens is 1. The third kappa shape index (κ3) is 2.74. The molecule has 0 aromatic carbocycles. The molecule has 1 fully saturated rings. The Kier molecular flexibility index (Phi) is 4.04. The van der Waals surface area contributed by atoms with Crippen molar-refractivity contribution in [3.63, 3.8) is 0 Å². The molecule has 1 aliphatic carbocycles. The Labute approximate surface area is 113 Å². The van der Waals surface area contributed by atoms with Gasteiger partial charge in [-0.05, 0) is 34.7 Å². The number of aliphatic hydroxyl groups excluding tert-OH is 1. The van der Waals surface area contributed by atoms with Gasteiger partial charge in [-0.25, -0.2) is 4.68 Å². The van der Waals surface area contributed by atoms with Crippen LogP contribution in [0.5, 0.6) is 0 Å². The molecule has 0 radical (unpaired) electrons. The number of hydrogen-bond acceptors (Lipinski definition) is 4. The predicted molar refractivity (Wildman–Crippen MR) is 72.3 cm³/mol. The van der Waals surface area contributed by atoms with Crippen molar-refractivity contribution in [3.8, 4) is 12.3 Å². The van der Waals surface area contributed by atoms with E-state index in [1.807, 2.05) is 0 Å². The lowest BCUT2D eigenvalue weighted by Crippen LogP contribution is -2.33. The topological polar surface area (TPSA) is 67.2 Å². The number of nitrogens with zero attached hydrogens (tertiary/aromatic N) is 2. The van der Waals surface area contributed by atoms with Crippen LogP contribution in [-0.2, 0) is 6.54 Å². The Balaban J connectivity index is 2.03. The van der Waals surface area contributed by atoms with Gasteiger partial charge in [0, 0.05) is 6.54 Å². The third-order valence-electron chi connectivity index (χ3n) is 3.02. The standard InChI is InChI=1S/C12H14BrN3O2/c1-2-3-16-12(18)11(13)10(7-15-16)14-6-8-4-9(17)5-8/h1,7-9,14,17H,3-6H2. The van der Waals surface area contributed by atoms with E-state index in [0.29, 0.717) is 16.1 Å².